The third-order valence-corrected chi connectivity index (χ3v) is 7.98. The highest BCUT2D eigenvalue weighted by Crippen LogP contribution is 2.36. The summed E-state index contributed by atoms with van der Waals surface area (Å²) in [5, 5.41) is 9.81. The highest BCUT2D eigenvalue weighted by Gasteiger charge is 2.33. The van der Waals surface area contributed by atoms with Crippen LogP contribution in [0.5, 0.6) is 0 Å². The topological polar surface area (TPSA) is 69.3 Å². The van der Waals surface area contributed by atoms with Gasteiger partial charge in [-0.1, -0.05) is 67.7 Å². The summed E-state index contributed by atoms with van der Waals surface area (Å²) >= 11 is 6.85. The van der Waals surface area contributed by atoms with E-state index in [1.54, 1.807) is 9.47 Å². The molecule has 2 fully saturated rings. The average molecular weight is 507 g/mol. The Bertz CT molecular complexity index is 1250. The van der Waals surface area contributed by atoms with Crippen molar-refractivity contribution in [2.24, 2.45) is 0 Å². The zero-order chi connectivity index (χ0) is 24.9. The molecule has 2 aliphatic heterocycles. The number of rotatable bonds is 8. The van der Waals surface area contributed by atoms with E-state index in [0.717, 1.165) is 62.1 Å². The van der Waals surface area contributed by atoms with Crippen molar-refractivity contribution in [3.8, 4) is 6.07 Å². The van der Waals surface area contributed by atoms with E-state index in [4.69, 9.17) is 12.2 Å². The van der Waals surface area contributed by atoms with Gasteiger partial charge in [0.05, 0.1) is 4.91 Å². The molecule has 2 aromatic rings. The molecule has 1 aromatic carbocycles. The Labute approximate surface area is 216 Å². The van der Waals surface area contributed by atoms with Crippen LogP contribution >= 0.6 is 24.0 Å². The maximum atomic E-state index is 13.4. The number of hydrogen-bond acceptors (Lipinski definition) is 6. The number of carbonyl (C=O) groups excluding carboxylic acids is 1. The van der Waals surface area contributed by atoms with E-state index in [1.807, 2.05) is 43.3 Å². The second-order valence-corrected chi connectivity index (χ2v) is 10.6. The van der Waals surface area contributed by atoms with E-state index >= 15 is 0 Å². The number of nitriles is 1. The Morgan fingerprint density at radius 2 is 1.86 bits per heavy atom. The molecule has 1 amide bonds. The van der Waals surface area contributed by atoms with Gasteiger partial charge in [-0.3, -0.25) is 19.1 Å². The number of amides is 1. The SMILES string of the molecule is CCCCn1c(N2CCCC2)c(C=C2SC(=S)N(CCc3ccccc3)C2=O)c(C)c(C#N)c1=O. The number of nitrogens with zero attached hydrogens (tertiary/aromatic N) is 4. The molecule has 2 saturated heterocycles. The molecule has 6 nitrogen and oxygen atoms in total. The fourth-order valence-electron chi connectivity index (χ4n) is 4.65. The molecule has 4 rings (SSSR count). The molecule has 0 spiro atoms. The van der Waals surface area contributed by atoms with Crippen molar-refractivity contribution in [2.45, 2.75) is 52.5 Å². The average Bonchev–Trinajstić information content (AvgIpc) is 3.48. The standard InChI is InChI=1S/C27H30N4O2S2/c1-3-4-15-30-24(29-13-8-9-14-29)21(19(2)22(18-28)25(30)32)17-23-26(33)31(27(34)35-23)16-12-20-10-6-5-7-11-20/h5-7,10-11,17H,3-4,8-9,12-16H2,1-2H3. The predicted molar refractivity (Wildman–Crippen MR) is 147 cm³/mol. The van der Waals surface area contributed by atoms with Crippen molar-refractivity contribution in [3.05, 3.63) is 67.8 Å². The number of pyridine rings is 1. The highest BCUT2D eigenvalue weighted by molar-refractivity contribution is 8.26. The molecule has 0 saturated carbocycles. The number of anilines is 1. The van der Waals surface area contributed by atoms with Crippen LogP contribution in [0.25, 0.3) is 6.08 Å². The Hall–Kier alpha value is -2.89. The third kappa shape index (κ3) is 5.21. The molecule has 182 valence electrons. The van der Waals surface area contributed by atoms with Gasteiger partial charge in [-0.05, 0) is 49.8 Å². The van der Waals surface area contributed by atoms with Crippen LogP contribution < -0.4 is 10.5 Å². The number of thioether (sulfide) groups is 1. The van der Waals surface area contributed by atoms with Crippen molar-refractivity contribution in [1.82, 2.24) is 9.47 Å². The Morgan fingerprint density at radius 3 is 2.51 bits per heavy atom. The fraction of sp³-hybridized carbons (Fsp3) is 0.407. The van der Waals surface area contributed by atoms with Gasteiger partial charge in [0.1, 0.15) is 21.8 Å². The summed E-state index contributed by atoms with van der Waals surface area (Å²) < 4.78 is 2.29. The summed E-state index contributed by atoms with van der Waals surface area (Å²) in [6.07, 6.45) is 6.48. The van der Waals surface area contributed by atoms with Crippen LogP contribution in [-0.4, -0.2) is 39.3 Å². The monoisotopic (exact) mass is 506 g/mol. The van der Waals surface area contributed by atoms with Crippen LogP contribution in [-0.2, 0) is 17.8 Å². The Kier molecular flexibility index (Phi) is 8.09. The lowest BCUT2D eigenvalue weighted by molar-refractivity contribution is -0.122. The first-order chi connectivity index (χ1) is 17.0. The molecular formula is C27H30N4O2S2. The van der Waals surface area contributed by atoms with E-state index in [2.05, 4.69) is 17.9 Å². The van der Waals surface area contributed by atoms with E-state index in [-0.39, 0.29) is 17.0 Å². The number of hydrogen-bond donors (Lipinski definition) is 0. The van der Waals surface area contributed by atoms with Gasteiger partial charge in [0, 0.05) is 31.7 Å². The molecule has 3 heterocycles. The van der Waals surface area contributed by atoms with Gasteiger partial charge >= 0.3 is 0 Å². The van der Waals surface area contributed by atoms with Gasteiger partial charge < -0.3 is 4.90 Å². The van der Waals surface area contributed by atoms with Crippen LogP contribution in [0.1, 0.15) is 54.9 Å². The first kappa shape index (κ1) is 25.2. The molecular weight excluding hydrogens is 476 g/mol. The minimum Gasteiger partial charge on any atom is -0.357 e. The highest BCUT2D eigenvalue weighted by atomic mass is 32.2. The maximum absolute atomic E-state index is 13.4. The molecule has 0 aliphatic carbocycles. The zero-order valence-electron chi connectivity index (χ0n) is 20.2. The van der Waals surface area contributed by atoms with Gasteiger partial charge in [0.25, 0.3) is 11.5 Å². The van der Waals surface area contributed by atoms with E-state index in [9.17, 15) is 14.9 Å². The van der Waals surface area contributed by atoms with Gasteiger partial charge in [-0.25, -0.2) is 0 Å². The largest absolute Gasteiger partial charge is 0.357 e. The normalized spacial score (nSPS) is 17.0. The smallest absolute Gasteiger partial charge is 0.270 e. The molecule has 8 heteroatoms. The molecule has 0 radical (unpaired) electrons. The van der Waals surface area contributed by atoms with Crippen LogP contribution in [0.15, 0.2) is 40.0 Å². The number of unbranched alkanes of at least 4 members (excludes halogenated alkanes) is 1. The van der Waals surface area contributed by atoms with Crippen molar-refractivity contribution in [2.75, 3.05) is 24.5 Å². The fourth-order valence-corrected chi connectivity index (χ4v) is 5.94. The van der Waals surface area contributed by atoms with Gasteiger partial charge in [0.2, 0.25) is 0 Å². The summed E-state index contributed by atoms with van der Waals surface area (Å²) in [7, 11) is 0. The number of thiocarbonyl (C=S) groups is 1. The molecule has 0 N–H and O–H groups in total. The first-order valence-electron chi connectivity index (χ1n) is 12.2. The molecule has 2 aliphatic rings. The third-order valence-electron chi connectivity index (χ3n) is 6.60. The zero-order valence-corrected chi connectivity index (χ0v) is 21.9. The number of aromatic nitrogens is 1. The lowest BCUT2D eigenvalue weighted by Crippen LogP contribution is -2.33. The van der Waals surface area contributed by atoms with Crippen molar-refractivity contribution in [3.63, 3.8) is 0 Å². The van der Waals surface area contributed by atoms with E-state index in [0.29, 0.717) is 27.9 Å². The van der Waals surface area contributed by atoms with Crippen LogP contribution in [0.4, 0.5) is 5.82 Å². The van der Waals surface area contributed by atoms with Crippen LogP contribution in [0, 0.1) is 18.3 Å². The molecule has 0 bridgehead atoms. The second kappa shape index (κ2) is 11.2. The number of benzene rings is 1. The van der Waals surface area contributed by atoms with Gasteiger partial charge in [0.15, 0.2) is 0 Å². The summed E-state index contributed by atoms with van der Waals surface area (Å²) in [5.74, 6) is 0.708. The Morgan fingerprint density at radius 1 is 1.14 bits per heavy atom. The lowest BCUT2D eigenvalue weighted by atomic mass is 10.0. The Balaban J connectivity index is 1.75. The first-order valence-corrected chi connectivity index (χ1v) is 13.4. The van der Waals surface area contributed by atoms with Gasteiger partial charge in [-0.2, -0.15) is 5.26 Å². The van der Waals surface area contributed by atoms with Crippen molar-refractivity contribution < 1.29 is 4.79 Å². The van der Waals surface area contributed by atoms with Crippen molar-refractivity contribution in [1.29, 1.82) is 5.26 Å². The minimum atomic E-state index is -0.243. The summed E-state index contributed by atoms with van der Waals surface area (Å²) in [4.78, 5) is 31.1. The quantitative estimate of drug-likeness (QED) is 0.376. The second-order valence-electron chi connectivity index (χ2n) is 8.92. The van der Waals surface area contributed by atoms with Crippen LogP contribution in [0.2, 0.25) is 0 Å². The summed E-state index contributed by atoms with van der Waals surface area (Å²) in [6.45, 7) is 6.68. The summed E-state index contributed by atoms with van der Waals surface area (Å²) in [6, 6.07) is 12.2. The van der Waals surface area contributed by atoms with Gasteiger partial charge in [-0.15, -0.1) is 0 Å². The molecule has 1 aromatic heterocycles. The maximum Gasteiger partial charge on any atom is 0.270 e. The number of carbonyl (C=O) groups is 1. The van der Waals surface area contributed by atoms with Crippen molar-refractivity contribution >= 4 is 46.1 Å². The predicted octanol–water partition coefficient (Wildman–Crippen LogP) is 4.87. The lowest BCUT2D eigenvalue weighted by Gasteiger charge is -2.27. The molecule has 35 heavy (non-hydrogen) atoms. The molecule has 0 unspecified atom stereocenters. The molecule has 0 atom stereocenters. The minimum absolute atomic E-state index is 0.118. The summed E-state index contributed by atoms with van der Waals surface area (Å²) in [5.41, 5.74) is 2.46. The van der Waals surface area contributed by atoms with Crippen LogP contribution in [0.3, 0.4) is 0 Å². The van der Waals surface area contributed by atoms with E-state index < -0.39 is 0 Å². The van der Waals surface area contributed by atoms with E-state index in [1.165, 1.54) is 11.8 Å².